The van der Waals surface area contributed by atoms with Gasteiger partial charge in [0.1, 0.15) is 6.61 Å². The Bertz CT molecular complexity index is 1170. The molecule has 0 amide bonds. The van der Waals surface area contributed by atoms with Gasteiger partial charge in [0, 0.05) is 19.3 Å². The lowest BCUT2D eigenvalue weighted by Gasteiger charge is -2.31. The number of carbonyl (C=O) groups excluding carboxylic acids is 2. The highest BCUT2D eigenvalue weighted by Crippen LogP contribution is 2.15. The van der Waals surface area contributed by atoms with Gasteiger partial charge in [-0.05, 0) is 57.8 Å². The molecule has 0 aliphatic carbocycles. The predicted octanol–water partition coefficient (Wildman–Crippen LogP) is 13.8. The second-order valence-electron chi connectivity index (χ2n) is 17.3. The SMILES string of the molecule is CC/C=C/C/C=C/C/C=C/C/C=C/C/C=C/CCCCCC(=O)OC(COCCC(C(=O)O)[N+](C)(C)C)COC(=O)CCCCCCCCCCCCCCCCCCC. The average molecular weight is 843 g/mol. The van der Waals surface area contributed by atoms with Gasteiger partial charge in [-0.1, -0.05) is 184 Å². The number of unbranched alkanes of at least 4 members (excludes halogenated alkanes) is 19. The third-order valence-corrected chi connectivity index (χ3v) is 10.7. The van der Waals surface area contributed by atoms with Crippen molar-refractivity contribution in [2.45, 2.75) is 212 Å². The number of esters is 2. The highest BCUT2D eigenvalue weighted by atomic mass is 16.6. The summed E-state index contributed by atoms with van der Waals surface area (Å²) in [6, 6.07) is -0.622. The first-order chi connectivity index (χ1) is 29.1. The molecule has 0 fully saturated rings. The van der Waals surface area contributed by atoms with Crippen LogP contribution in [0.15, 0.2) is 60.8 Å². The summed E-state index contributed by atoms with van der Waals surface area (Å²) in [5.41, 5.74) is 0. The predicted molar refractivity (Wildman–Crippen MR) is 252 cm³/mol. The van der Waals surface area contributed by atoms with E-state index in [0.717, 1.165) is 77.0 Å². The second kappa shape index (κ2) is 42.7. The Hall–Kier alpha value is -2.97. The molecule has 0 radical (unpaired) electrons. The molecule has 0 saturated heterocycles. The summed E-state index contributed by atoms with van der Waals surface area (Å²) in [5, 5.41) is 9.64. The molecule has 8 heteroatoms. The average Bonchev–Trinajstić information content (AvgIpc) is 3.21. The summed E-state index contributed by atoms with van der Waals surface area (Å²) in [7, 11) is 5.52. The summed E-state index contributed by atoms with van der Waals surface area (Å²) >= 11 is 0. The Morgan fingerprint density at radius 2 is 0.933 bits per heavy atom. The fraction of sp³-hybridized carbons (Fsp3) is 0.750. The number of allylic oxidation sites excluding steroid dienone is 10. The zero-order chi connectivity index (χ0) is 44.2. The van der Waals surface area contributed by atoms with E-state index in [-0.39, 0.29) is 42.7 Å². The standard InChI is InChI=1S/C52H91NO7/c1-6-8-10-12-14-16-18-20-22-24-25-27-29-31-33-35-37-39-41-43-51(55)60-48(46-58-45-44-49(52(56)57)53(3,4)5)47-59-50(54)42-40-38-36-34-32-30-28-26-23-21-19-17-15-13-11-9-7-2/h8,10,14,16,20,22,25,27,31,33,48-49H,6-7,9,11-13,15,17-19,21,23-24,26,28-30,32,34-47H2,1-5H3/p+1/b10-8+,16-14+,22-20+,27-25+,33-31+. The maximum atomic E-state index is 12.8. The third kappa shape index (κ3) is 40.4. The number of hydrogen-bond acceptors (Lipinski definition) is 6. The monoisotopic (exact) mass is 843 g/mol. The van der Waals surface area contributed by atoms with E-state index in [1.54, 1.807) is 0 Å². The van der Waals surface area contributed by atoms with Crippen LogP contribution in [-0.4, -0.2) is 80.6 Å². The zero-order valence-corrected chi connectivity index (χ0v) is 39.4. The first kappa shape index (κ1) is 57.0. The van der Waals surface area contributed by atoms with E-state index in [0.29, 0.717) is 12.8 Å². The number of carboxylic acid groups (broad SMARTS) is 1. The smallest absolute Gasteiger partial charge is 0.362 e. The molecule has 8 nitrogen and oxygen atoms in total. The molecular formula is C52H92NO7+. The molecule has 2 atom stereocenters. The van der Waals surface area contributed by atoms with E-state index in [4.69, 9.17) is 14.2 Å². The molecule has 1 N–H and O–H groups in total. The minimum absolute atomic E-state index is 0.0473. The molecule has 0 spiro atoms. The van der Waals surface area contributed by atoms with Crippen molar-refractivity contribution in [2.24, 2.45) is 0 Å². The fourth-order valence-corrected chi connectivity index (χ4v) is 6.94. The van der Waals surface area contributed by atoms with Crippen molar-refractivity contribution in [3.63, 3.8) is 0 Å². The van der Waals surface area contributed by atoms with Gasteiger partial charge >= 0.3 is 17.9 Å². The zero-order valence-electron chi connectivity index (χ0n) is 39.4. The number of nitrogens with zero attached hydrogens (tertiary/aromatic N) is 1. The van der Waals surface area contributed by atoms with Crippen LogP contribution in [0.4, 0.5) is 0 Å². The summed E-state index contributed by atoms with van der Waals surface area (Å²) in [4.78, 5) is 37.1. The van der Waals surface area contributed by atoms with Crippen LogP contribution in [0.1, 0.15) is 200 Å². The topological polar surface area (TPSA) is 99.1 Å². The van der Waals surface area contributed by atoms with Crippen LogP contribution >= 0.6 is 0 Å². The van der Waals surface area contributed by atoms with Gasteiger partial charge < -0.3 is 23.8 Å². The Morgan fingerprint density at radius 3 is 1.38 bits per heavy atom. The van der Waals surface area contributed by atoms with E-state index < -0.39 is 18.1 Å². The van der Waals surface area contributed by atoms with E-state index >= 15 is 0 Å². The lowest BCUT2D eigenvalue weighted by atomic mass is 10.0. The van der Waals surface area contributed by atoms with Crippen LogP contribution in [0.25, 0.3) is 0 Å². The molecule has 2 unspecified atom stereocenters. The van der Waals surface area contributed by atoms with Crippen LogP contribution in [0, 0.1) is 0 Å². The first-order valence-electron chi connectivity index (χ1n) is 24.3. The Morgan fingerprint density at radius 1 is 0.517 bits per heavy atom. The van der Waals surface area contributed by atoms with E-state index in [9.17, 15) is 19.5 Å². The van der Waals surface area contributed by atoms with Crippen molar-refractivity contribution in [3.8, 4) is 0 Å². The highest BCUT2D eigenvalue weighted by Gasteiger charge is 2.31. The number of aliphatic carboxylic acids is 1. The van der Waals surface area contributed by atoms with Gasteiger partial charge in [-0.2, -0.15) is 0 Å². The molecule has 0 aromatic rings. The first-order valence-corrected chi connectivity index (χ1v) is 24.3. The Kier molecular flexibility index (Phi) is 40.6. The van der Waals surface area contributed by atoms with Gasteiger partial charge in [-0.3, -0.25) is 9.59 Å². The fourth-order valence-electron chi connectivity index (χ4n) is 6.94. The van der Waals surface area contributed by atoms with Crippen LogP contribution in [0.3, 0.4) is 0 Å². The second-order valence-corrected chi connectivity index (χ2v) is 17.3. The summed E-state index contributed by atoms with van der Waals surface area (Å²) in [6.45, 7) is 4.60. The van der Waals surface area contributed by atoms with Gasteiger partial charge in [-0.15, -0.1) is 0 Å². The lowest BCUT2D eigenvalue weighted by Crippen LogP contribution is -2.50. The number of hydrogen-bond donors (Lipinski definition) is 1. The van der Waals surface area contributed by atoms with Crippen molar-refractivity contribution in [1.82, 2.24) is 0 Å². The largest absolute Gasteiger partial charge is 0.477 e. The van der Waals surface area contributed by atoms with Gasteiger partial charge in [0.25, 0.3) is 0 Å². The molecule has 0 aliphatic rings. The minimum atomic E-state index is -0.881. The number of rotatable bonds is 43. The van der Waals surface area contributed by atoms with Crippen molar-refractivity contribution in [3.05, 3.63) is 60.8 Å². The third-order valence-electron chi connectivity index (χ3n) is 10.7. The molecule has 0 aliphatic heterocycles. The molecule has 346 valence electrons. The molecule has 0 aromatic heterocycles. The van der Waals surface area contributed by atoms with E-state index in [2.05, 4.69) is 74.6 Å². The molecule has 60 heavy (non-hydrogen) atoms. The molecular weight excluding hydrogens is 751 g/mol. The van der Waals surface area contributed by atoms with Crippen molar-refractivity contribution >= 4 is 17.9 Å². The molecule has 0 rings (SSSR count). The van der Waals surface area contributed by atoms with Crippen LogP contribution < -0.4 is 0 Å². The molecule has 0 heterocycles. The maximum Gasteiger partial charge on any atom is 0.362 e. The quantitative estimate of drug-likeness (QED) is 0.0282. The summed E-state index contributed by atoms with van der Waals surface area (Å²) < 4.78 is 17.3. The molecule has 0 bridgehead atoms. The van der Waals surface area contributed by atoms with Gasteiger partial charge in [0.2, 0.25) is 0 Å². The van der Waals surface area contributed by atoms with E-state index in [1.807, 2.05) is 21.1 Å². The van der Waals surface area contributed by atoms with Gasteiger partial charge in [-0.25, -0.2) is 4.79 Å². The van der Waals surface area contributed by atoms with Crippen molar-refractivity contribution in [1.29, 1.82) is 0 Å². The van der Waals surface area contributed by atoms with Crippen molar-refractivity contribution in [2.75, 3.05) is 41.0 Å². The van der Waals surface area contributed by atoms with Gasteiger partial charge in [0.05, 0.1) is 34.4 Å². The maximum absolute atomic E-state index is 12.8. The Balaban J connectivity index is 4.35. The highest BCUT2D eigenvalue weighted by molar-refractivity contribution is 5.72. The molecule has 0 aromatic carbocycles. The molecule has 0 saturated carbocycles. The van der Waals surface area contributed by atoms with Crippen LogP contribution in [0.2, 0.25) is 0 Å². The Labute approximate surface area is 368 Å². The number of ether oxygens (including phenoxy) is 3. The number of carbonyl (C=O) groups is 3. The number of quaternary nitrogens is 1. The van der Waals surface area contributed by atoms with Gasteiger partial charge in [0.15, 0.2) is 12.1 Å². The number of carboxylic acids is 1. The number of likely N-dealkylation sites (N-methyl/N-ethyl adjacent to an activating group) is 1. The van der Waals surface area contributed by atoms with Crippen LogP contribution in [0.5, 0.6) is 0 Å². The summed E-state index contributed by atoms with van der Waals surface area (Å²) in [6.07, 6.45) is 52.6. The van der Waals surface area contributed by atoms with Crippen LogP contribution in [-0.2, 0) is 28.6 Å². The minimum Gasteiger partial charge on any atom is -0.477 e. The normalized spacial score (nSPS) is 13.4. The lowest BCUT2D eigenvalue weighted by molar-refractivity contribution is -0.887. The summed E-state index contributed by atoms with van der Waals surface area (Å²) in [5.74, 6) is -1.51. The van der Waals surface area contributed by atoms with E-state index in [1.165, 1.54) is 89.9 Å². The van der Waals surface area contributed by atoms with Crippen molar-refractivity contribution < 1.29 is 38.2 Å².